The zero-order valence-electron chi connectivity index (χ0n) is 19.9. The van der Waals surface area contributed by atoms with Crippen LogP contribution in [0.1, 0.15) is 56.1 Å². The zero-order valence-corrected chi connectivity index (χ0v) is 19.9. The summed E-state index contributed by atoms with van der Waals surface area (Å²) in [7, 11) is 1.71. The lowest BCUT2D eigenvalue weighted by molar-refractivity contribution is -0.142. The predicted molar refractivity (Wildman–Crippen MR) is 125 cm³/mol. The Labute approximate surface area is 196 Å². The molecule has 4 rings (SSSR count). The fourth-order valence-electron chi connectivity index (χ4n) is 4.67. The first-order chi connectivity index (χ1) is 16.1. The van der Waals surface area contributed by atoms with E-state index in [1.54, 1.807) is 7.11 Å². The maximum Gasteiger partial charge on any atom is 0.303 e. The number of hydrogen-bond acceptors (Lipinski definition) is 7. The van der Waals surface area contributed by atoms with Crippen molar-refractivity contribution < 1.29 is 23.4 Å². The zero-order chi connectivity index (χ0) is 23.0. The summed E-state index contributed by atoms with van der Waals surface area (Å²) < 4.78 is 22.7. The minimum Gasteiger partial charge on any atom is -0.493 e. The number of furan rings is 1. The Balaban J connectivity index is 1.29. The highest BCUT2D eigenvalue weighted by atomic mass is 16.5. The Morgan fingerprint density at radius 3 is 2.39 bits per heavy atom. The van der Waals surface area contributed by atoms with Crippen LogP contribution in [-0.4, -0.2) is 55.2 Å². The molecule has 1 aliphatic heterocycles. The molecule has 1 aromatic heterocycles. The van der Waals surface area contributed by atoms with Crippen LogP contribution in [-0.2, 0) is 29.2 Å². The van der Waals surface area contributed by atoms with Crippen molar-refractivity contribution in [1.29, 1.82) is 0 Å². The molecule has 2 aliphatic rings. The van der Waals surface area contributed by atoms with Gasteiger partial charge in [0, 0.05) is 26.6 Å². The highest BCUT2D eigenvalue weighted by molar-refractivity contribution is 5.65. The summed E-state index contributed by atoms with van der Waals surface area (Å²) in [6.07, 6.45) is 6.21. The molecular formula is C26H36N2O5. The number of benzene rings is 1. The molecule has 2 aromatic rings. The van der Waals surface area contributed by atoms with Crippen LogP contribution in [0.5, 0.6) is 11.5 Å². The molecule has 180 valence electrons. The van der Waals surface area contributed by atoms with Gasteiger partial charge in [-0.15, -0.1) is 0 Å². The van der Waals surface area contributed by atoms with E-state index in [1.807, 2.05) is 18.2 Å². The molecular weight excluding hydrogens is 420 g/mol. The Hall–Kier alpha value is -2.51. The third-order valence-electron chi connectivity index (χ3n) is 6.43. The Kier molecular flexibility index (Phi) is 8.29. The van der Waals surface area contributed by atoms with Gasteiger partial charge in [0.1, 0.15) is 18.1 Å². The molecule has 1 aliphatic carbocycles. The molecule has 33 heavy (non-hydrogen) atoms. The summed E-state index contributed by atoms with van der Waals surface area (Å²) in [6, 6.07) is 10.2. The van der Waals surface area contributed by atoms with Gasteiger partial charge < -0.3 is 18.6 Å². The average Bonchev–Trinajstić information content (AvgIpc) is 3.43. The molecule has 0 N–H and O–H groups in total. The van der Waals surface area contributed by atoms with Crippen LogP contribution >= 0.6 is 0 Å². The molecule has 7 heteroatoms. The van der Waals surface area contributed by atoms with Gasteiger partial charge in [-0.3, -0.25) is 14.6 Å². The predicted octanol–water partition coefficient (Wildman–Crippen LogP) is 4.38. The summed E-state index contributed by atoms with van der Waals surface area (Å²) in [6.45, 7) is 7.38. The van der Waals surface area contributed by atoms with Gasteiger partial charge in [-0.2, -0.15) is 0 Å². The molecule has 1 saturated heterocycles. The molecule has 7 nitrogen and oxygen atoms in total. The second-order valence-corrected chi connectivity index (χ2v) is 9.06. The third kappa shape index (κ3) is 6.98. The van der Waals surface area contributed by atoms with Crippen molar-refractivity contribution >= 4 is 5.97 Å². The molecule has 2 heterocycles. The number of rotatable bonds is 9. The highest BCUT2D eigenvalue weighted by Crippen LogP contribution is 2.33. The standard InChI is InChI=1S/C26H36N2O5/c1-20(29)31-19-24-10-9-23(32-24)18-28-13-5-12-27(14-15-28)17-21-8-11-25(30-2)26(16-21)33-22-6-3-4-7-22/h8-11,16,22H,3-7,12-15,17-19H2,1-2H3. The molecule has 2 fully saturated rings. The largest absolute Gasteiger partial charge is 0.493 e. The first-order valence-electron chi connectivity index (χ1n) is 12.1. The summed E-state index contributed by atoms with van der Waals surface area (Å²) in [5.74, 6) is 3.00. The molecule has 0 radical (unpaired) electrons. The van der Waals surface area contributed by atoms with Gasteiger partial charge in [0.25, 0.3) is 0 Å². The van der Waals surface area contributed by atoms with E-state index in [0.717, 1.165) is 75.8 Å². The van der Waals surface area contributed by atoms with Crippen LogP contribution in [0.4, 0.5) is 0 Å². The van der Waals surface area contributed by atoms with Crippen LogP contribution in [0.25, 0.3) is 0 Å². The maximum absolute atomic E-state index is 11.0. The summed E-state index contributed by atoms with van der Waals surface area (Å²) in [4.78, 5) is 15.9. The van der Waals surface area contributed by atoms with Gasteiger partial charge in [0.2, 0.25) is 0 Å². The van der Waals surface area contributed by atoms with Crippen molar-refractivity contribution in [2.24, 2.45) is 0 Å². The van der Waals surface area contributed by atoms with Gasteiger partial charge in [-0.05, 0) is 75.0 Å². The molecule has 0 bridgehead atoms. The molecule has 0 spiro atoms. The van der Waals surface area contributed by atoms with E-state index in [4.69, 9.17) is 18.6 Å². The lowest BCUT2D eigenvalue weighted by Gasteiger charge is -2.22. The molecule has 1 saturated carbocycles. The van der Waals surface area contributed by atoms with Crippen LogP contribution in [0.15, 0.2) is 34.7 Å². The van der Waals surface area contributed by atoms with E-state index in [1.165, 1.54) is 25.3 Å². The van der Waals surface area contributed by atoms with E-state index in [2.05, 4.69) is 21.9 Å². The Morgan fingerprint density at radius 1 is 0.939 bits per heavy atom. The fourth-order valence-corrected chi connectivity index (χ4v) is 4.67. The number of carbonyl (C=O) groups excluding carboxylic acids is 1. The van der Waals surface area contributed by atoms with E-state index >= 15 is 0 Å². The molecule has 0 amide bonds. The number of nitrogens with zero attached hydrogens (tertiary/aromatic N) is 2. The summed E-state index contributed by atoms with van der Waals surface area (Å²) >= 11 is 0. The lowest BCUT2D eigenvalue weighted by atomic mass is 10.1. The van der Waals surface area contributed by atoms with Gasteiger partial charge in [0.15, 0.2) is 11.5 Å². The lowest BCUT2D eigenvalue weighted by Crippen LogP contribution is -2.30. The first kappa shape index (κ1) is 23.6. The van der Waals surface area contributed by atoms with Crippen LogP contribution in [0.2, 0.25) is 0 Å². The van der Waals surface area contributed by atoms with Gasteiger partial charge in [-0.25, -0.2) is 0 Å². The van der Waals surface area contributed by atoms with E-state index in [9.17, 15) is 4.79 Å². The molecule has 0 unspecified atom stereocenters. The maximum atomic E-state index is 11.0. The Bertz CT molecular complexity index is 906. The second kappa shape index (κ2) is 11.6. The SMILES string of the molecule is COc1ccc(CN2CCCN(Cc3ccc(COC(C)=O)o3)CC2)cc1OC1CCCC1. The van der Waals surface area contributed by atoms with Gasteiger partial charge >= 0.3 is 5.97 Å². The molecule has 1 aromatic carbocycles. The minimum atomic E-state index is -0.297. The van der Waals surface area contributed by atoms with E-state index in [-0.39, 0.29) is 12.6 Å². The quantitative estimate of drug-likeness (QED) is 0.519. The van der Waals surface area contributed by atoms with Crippen molar-refractivity contribution in [1.82, 2.24) is 9.80 Å². The minimum absolute atomic E-state index is 0.192. The van der Waals surface area contributed by atoms with Crippen molar-refractivity contribution in [3.63, 3.8) is 0 Å². The average molecular weight is 457 g/mol. The van der Waals surface area contributed by atoms with Gasteiger partial charge in [0.05, 0.1) is 19.8 Å². The number of esters is 1. The number of ether oxygens (including phenoxy) is 3. The van der Waals surface area contributed by atoms with Crippen molar-refractivity contribution in [3.05, 3.63) is 47.4 Å². The topological polar surface area (TPSA) is 64.4 Å². The second-order valence-electron chi connectivity index (χ2n) is 9.06. The summed E-state index contributed by atoms with van der Waals surface area (Å²) in [5.41, 5.74) is 1.26. The number of carbonyl (C=O) groups is 1. The monoisotopic (exact) mass is 456 g/mol. The normalized spacial score (nSPS) is 18.2. The van der Waals surface area contributed by atoms with E-state index < -0.39 is 0 Å². The number of methoxy groups -OCH3 is 1. The van der Waals surface area contributed by atoms with Crippen LogP contribution < -0.4 is 9.47 Å². The van der Waals surface area contributed by atoms with Crippen molar-refractivity contribution in [3.8, 4) is 11.5 Å². The summed E-state index contributed by atoms with van der Waals surface area (Å²) in [5, 5.41) is 0. The first-order valence-corrected chi connectivity index (χ1v) is 12.1. The van der Waals surface area contributed by atoms with Crippen molar-refractivity contribution in [2.45, 2.75) is 64.8 Å². The smallest absolute Gasteiger partial charge is 0.303 e. The molecule has 0 atom stereocenters. The van der Waals surface area contributed by atoms with E-state index in [0.29, 0.717) is 11.9 Å². The Morgan fingerprint density at radius 2 is 1.67 bits per heavy atom. The fraction of sp³-hybridized carbons (Fsp3) is 0.577. The van der Waals surface area contributed by atoms with Crippen LogP contribution in [0, 0.1) is 0 Å². The third-order valence-corrected chi connectivity index (χ3v) is 6.43. The van der Waals surface area contributed by atoms with Crippen molar-refractivity contribution in [2.75, 3.05) is 33.3 Å². The van der Waals surface area contributed by atoms with Crippen LogP contribution in [0.3, 0.4) is 0 Å². The number of hydrogen-bond donors (Lipinski definition) is 0. The highest BCUT2D eigenvalue weighted by Gasteiger charge is 2.20. The van der Waals surface area contributed by atoms with Gasteiger partial charge in [-0.1, -0.05) is 6.07 Å².